The van der Waals surface area contributed by atoms with Crippen LogP contribution >= 0.6 is 12.4 Å². The molecule has 0 amide bonds. The molecule has 0 spiro atoms. The Morgan fingerprint density at radius 2 is 1.93 bits per heavy atom. The van der Waals surface area contributed by atoms with Crippen LogP contribution in [0.25, 0.3) is 0 Å². The van der Waals surface area contributed by atoms with Gasteiger partial charge in [-0.05, 0) is 55.3 Å². The molecule has 0 radical (unpaired) electrons. The first kappa shape index (κ1) is 23.2. The first-order valence-electron chi connectivity index (χ1n) is 9.03. The van der Waals surface area contributed by atoms with Gasteiger partial charge in [-0.15, -0.1) is 12.4 Å². The van der Waals surface area contributed by atoms with Crippen LogP contribution in [0.1, 0.15) is 35.1 Å². The van der Waals surface area contributed by atoms with Crippen LogP contribution in [0.3, 0.4) is 0 Å². The van der Waals surface area contributed by atoms with Crippen molar-refractivity contribution in [2.75, 3.05) is 20.1 Å². The van der Waals surface area contributed by atoms with E-state index in [1.54, 1.807) is 18.0 Å². The van der Waals surface area contributed by atoms with Crippen molar-refractivity contribution in [2.24, 2.45) is 0 Å². The van der Waals surface area contributed by atoms with E-state index in [0.29, 0.717) is 31.6 Å². The normalized spacial score (nSPS) is 18.4. The number of rotatable bonds is 7. The Kier molecular flexibility index (Phi) is 7.32. The molecule has 0 fully saturated rings. The lowest BCUT2D eigenvalue weighted by Gasteiger charge is -2.31. The lowest BCUT2D eigenvalue weighted by molar-refractivity contribution is -0.138. The van der Waals surface area contributed by atoms with Gasteiger partial charge in [0.25, 0.3) is 0 Å². The fraction of sp³-hybridized carbons (Fsp3) is 0.381. The molecule has 1 heterocycles. The third-order valence-electron chi connectivity index (χ3n) is 5.06. The molecule has 1 aliphatic heterocycles. The zero-order valence-electron chi connectivity index (χ0n) is 15.9. The first-order chi connectivity index (χ1) is 13.2. The summed E-state index contributed by atoms with van der Waals surface area (Å²) in [5, 5.41) is 8.89. The van der Waals surface area contributed by atoms with Crippen LogP contribution < -0.4 is 0 Å². The molecule has 0 aliphatic carbocycles. The number of carboxylic acid groups (broad SMARTS) is 1. The Morgan fingerprint density at radius 1 is 1.21 bits per heavy atom. The highest BCUT2D eigenvalue weighted by Crippen LogP contribution is 2.46. The standard InChI is InChI=1S/C21H22F3NO3.ClH/c1-25(13-19(26)27)11-5-10-20(18-9-3-2-6-15(18)14-28-20)16-7-4-8-17(12-16)21(22,23)24;/h2-4,6-9,12H,5,10-11,13-14H2,1H3,(H,26,27);1H. The second kappa shape index (κ2) is 9.15. The summed E-state index contributed by atoms with van der Waals surface area (Å²) >= 11 is 0. The molecule has 1 unspecified atom stereocenters. The SMILES string of the molecule is CN(CCCC1(c2cccc(C(F)(F)F)c2)OCc2ccccc21)CC(=O)O.Cl. The Bertz CT molecular complexity index is 859. The number of alkyl halides is 3. The van der Waals surface area contributed by atoms with Crippen molar-refractivity contribution in [1.29, 1.82) is 0 Å². The van der Waals surface area contributed by atoms with Crippen molar-refractivity contribution in [3.63, 3.8) is 0 Å². The van der Waals surface area contributed by atoms with Gasteiger partial charge in [-0.2, -0.15) is 13.2 Å². The highest BCUT2D eigenvalue weighted by Gasteiger charge is 2.42. The van der Waals surface area contributed by atoms with Crippen LogP contribution in [0, 0.1) is 0 Å². The van der Waals surface area contributed by atoms with E-state index in [2.05, 4.69) is 0 Å². The summed E-state index contributed by atoms with van der Waals surface area (Å²) in [5.74, 6) is -0.919. The number of ether oxygens (including phenoxy) is 1. The van der Waals surface area contributed by atoms with Gasteiger partial charge in [0.1, 0.15) is 5.60 Å². The average molecular weight is 430 g/mol. The van der Waals surface area contributed by atoms with Gasteiger partial charge in [0.05, 0.1) is 18.7 Å². The molecular weight excluding hydrogens is 407 g/mol. The lowest BCUT2D eigenvalue weighted by atomic mass is 9.81. The molecule has 2 aromatic carbocycles. The number of carboxylic acids is 1. The summed E-state index contributed by atoms with van der Waals surface area (Å²) in [6.07, 6.45) is -3.40. The van der Waals surface area contributed by atoms with Gasteiger partial charge in [0.15, 0.2) is 0 Å². The molecule has 1 aliphatic rings. The Balaban J connectivity index is 0.00000300. The van der Waals surface area contributed by atoms with E-state index in [1.807, 2.05) is 24.3 Å². The number of hydrogen-bond acceptors (Lipinski definition) is 3. The average Bonchev–Trinajstić information content (AvgIpc) is 3.01. The maximum Gasteiger partial charge on any atom is 0.416 e. The minimum absolute atomic E-state index is 0. The van der Waals surface area contributed by atoms with Crippen molar-refractivity contribution in [1.82, 2.24) is 4.90 Å². The number of halogens is 4. The van der Waals surface area contributed by atoms with Crippen molar-refractivity contribution < 1.29 is 27.8 Å². The number of benzene rings is 2. The van der Waals surface area contributed by atoms with Gasteiger partial charge >= 0.3 is 12.1 Å². The van der Waals surface area contributed by atoms with Gasteiger partial charge in [-0.1, -0.05) is 36.4 Å². The van der Waals surface area contributed by atoms with E-state index in [0.717, 1.165) is 23.3 Å². The minimum atomic E-state index is -4.43. The Hall–Kier alpha value is -2.09. The third kappa shape index (κ3) is 5.10. The molecule has 2 aromatic rings. The van der Waals surface area contributed by atoms with E-state index < -0.39 is 23.3 Å². The second-order valence-corrected chi connectivity index (χ2v) is 7.09. The summed E-state index contributed by atoms with van der Waals surface area (Å²) in [6.45, 7) is 0.740. The molecule has 0 saturated heterocycles. The Labute approximate surface area is 173 Å². The minimum Gasteiger partial charge on any atom is -0.480 e. The van der Waals surface area contributed by atoms with Crippen LogP contribution in [-0.4, -0.2) is 36.1 Å². The topological polar surface area (TPSA) is 49.8 Å². The maximum atomic E-state index is 13.3. The molecule has 158 valence electrons. The van der Waals surface area contributed by atoms with E-state index in [9.17, 15) is 18.0 Å². The molecule has 3 rings (SSSR count). The number of nitrogens with zero attached hydrogens (tertiary/aromatic N) is 1. The van der Waals surface area contributed by atoms with Crippen LogP contribution in [0.15, 0.2) is 48.5 Å². The highest BCUT2D eigenvalue weighted by atomic mass is 35.5. The number of hydrogen-bond donors (Lipinski definition) is 1. The van der Waals surface area contributed by atoms with Crippen molar-refractivity contribution >= 4 is 18.4 Å². The molecule has 4 nitrogen and oxygen atoms in total. The molecule has 29 heavy (non-hydrogen) atoms. The maximum absolute atomic E-state index is 13.3. The fourth-order valence-corrected chi connectivity index (χ4v) is 3.76. The highest BCUT2D eigenvalue weighted by molar-refractivity contribution is 5.85. The van der Waals surface area contributed by atoms with E-state index in [4.69, 9.17) is 9.84 Å². The largest absolute Gasteiger partial charge is 0.480 e. The number of fused-ring (bicyclic) bond motifs is 1. The van der Waals surface area contributed by atoms with Gasteiger partial charge in [-0.25, -0.2) is 0 Å². The van der Waals surface area contributed by atoms with E-state index in [-0.39, 0.29) is 19.0 Å². The van der Waals surface area contributed by atoms with E-state index >= 15 is 0 Å². The summed E-state index contributed by atoms with van der Waals surface area (Å²) < 4.78 is 45.9. The molecule has 0 bridgehead atoms. The summed E-state index contributed by atoms with van der Waals surface area (Å²) in [7, 11) is 1.70. The zero-order valence-corrected chi connectivity index (χ0v) is 16.7. The summed E-state index contributed by atoms with van der Waals surface area (Å²) in [6, 6.07) is 12.8. The van der Waals surface area contributed by atoms with Gasteiger partial charge in [0, 0.05) is 0 Å². The van der Waals surface area contributed by atoms with Crippen LogP contribution in [-0.2, 0) is 27.9 Å². The summed E-state index contributed by atoms with van der Waals surface area (Å²) in [5.41, 5.74) is 0.615. The molecule has 8 heteroatoms. The molecule has 0 aromatic heterocycles. The van der Waals surface area contributed by atoms with Crippen molar-refractivity contribution in [3.05, 3.63) is 70.8 Å². The van der Waals surface area contributed by atoms with E-state index in [1.165, 1.54) is 6.07 Å². The van der Waals surface area contributed by atoms with Crippen molar-refractivity contribution in [2.45, 2.75) is 31.2 Å². The predicted octanol–water partition coefficient (Wildman–Crippen LogP) is 4.70. The first-order valence-corrected chi connectivity index (χ1v) is 9.03. The molecule has 1 N–H and O–H groups in total. The lowest BCUT2D eigenvalue weighted by Crippen LogP contribution is -2.31. The number of likely N-dealkylation sites (N-methyl/N-ethyl adjacent to an activating group) is 1. The molecule has 1 atom stereocenters. The monoisotopic (exact) mass is 429 g/mol. The van der Waals surface area contributed by atoms with Gasteiger partial charge in [0.2, 0.25) is 0 Å². The van der Waals surface area contributed by atoms with Gasteiger partial charge < -0.3 is 9.84 Å². The second-order valence-electron chi connectivity index (χ2n) is 7.09. The summed E-state index contributed by atoms with van der Waals surface area (Å²) in [4.78, 5) is 12.5. The fourth-order valence-electron chi connectivity index (χ4n) is 3.76. The third-order valence-corrected chi connectivity index (χ3v) is 5.06. The van der Waals surface area contributed by atoms with Crippen LogP contribution in [0.4, 0.5) is 13.2 Å². The number of carbonyl (C=O) groups is 1. The smallest absolute Gasteiger partial charge is 0.416 e. The van der Waals surface area contributed by atoms with Gasteiger partial charge in [-0.3, -0.25) is 9.69 Å². The van der Waals surface area contributed by atoms with Crippen molar-refractivity contribution in [3.8, 4) is 0 Å². The number of aliphatic carboxylic acids is 1. The predicted molar refractivity (Wildman–Crippen MR) is 105 cm³/mol. The van der Waals surface area contributed by atoms with Crippen LogP contribution in [0.2, 0.25) is 0 Å². The quantitative estimate of drug-likeness (QED) is 0.693. The van der Waals surface area contributed by atoms with Crippen LogP contribution in [0.5, 0.6) is 0 Å². The Morgan fingerprint density at radius 3 is 2.62 bits per heavy atom. The zero-order chi connectivity index (χ0) is 20.4. The molecular formula is C21H23ClF3NO3. The molecule has 0 saturated carbocycles.